The minimum Gasteiger partial charge on any atom is -0.308 e. The van der Waals surface area contributed by atoms with Crippen molar-refractivity contribution in [3.63, 3.8) is 0 Å². The third-order valence-corrected chi connectivity index (χ3v) is 4.50. The van der Waals surface area contributed by atoms with Gasteiger partial charge >= 0.3 is 6.03 Å². The van der Waals surface area contributed by atoms with Crippen LogP contribution >= 0.6 is 0 Å². The molecular formula is C15H12N2O3S. The number of hydrogen-bond donors (Lipinski definition) is 2. The van der Waals surface area contributed by atoms with Gasteiger partial charge in [-0.05, 0) is 35.9 Å². The Morgan fingerprint density at radius 1 is 0.905 bits per heavy atom. The molecule has 0 unspecified atom stereocenters. The zero-order chi connectivity index (χ0) is 14.9. The fraction of sp³-hybridized carbons (Fsp3) is 0. The van der Waals surface area contributed by atoms with E-state index in [2.05, 4.69) is 10.6 Å². The number of hydrogen-bond acceptors (Lipinski definition) is 3. The molecule has 2 N–H and O–H groups in total. The summed E-state index contributed by atoms with van der Waals surface area (Å²) >= 11 is 0. The molecule has 1 aliphatic rings. The Morgan fingerprint density at radius 3 is 2.38 bits per heavy atom. The lowest BCUT2D eigenvalue weighted by Crippen LogP contribution is -2.19. The molecule has 0 atom stereocenters. The lowest BCUT2D eigenvalue weighted by Gasteiger charge is -2.08. The SMILES string of the molecule is O=C(Nc1ccccc1)Nc1ccc2c(c1)S(=O)(=O)C=C2. The van der Waals surface area contributed by atoms with E-state index in [4.69, 9.17) is 0 Å². The van der Waals surface area contributed by atoms with Gasteiger partial charge in [-0.15, -0.1) is 0 Å². The zero-order valence-corrected chi connectivity index (χ0v) is 11.7. The summed E-state index contributed by atoms with van der Waals surface area (Å²) in [6, 6.07) is 13.3. The highest BCUT2D eigenvalue weighted by molar-refractivity contribution is 7.94. The van der Waals surface area contributed by atoms with Crippen molar-refractivity contribution >= 4 is 33.3 Å². The molecule has 0 saturated heterocycles. The molecule has 0 saturated carbocycles. The van der Waals surface area contributed by atoms with Gasteiger partial charge in [0.15, 0.2) is 0 Å². The van der Waals surface area contributed by atoms with Crippen LogP contribution in [0.2, 0.25) is 0 Å². The van der Waals surface area contributed by atoms with E-state index in [1.165, 1.54) is 6.07 Å². The number of nitrogens with one attached hydrogen (secondary N) is 2. The molecule has 1 heterocycles. The van der Waals surface area contributed by atoms with Gasteiger partial charge in [0.25, 0.3) is 0 Å². The fourth-order valence-corrected chi connectivity index (χ4v) is 3.28. The first-order valence-corrected chi connectivity index (χ1v) is 7.79. The molecule has 2 amide bonds. The maximum Gasteiger partial charge on any atom is 0.323 e. The summed E-state index contributed by atoms with van der Waals surface area (Å²) in [4.78, 5) is 12.1. The molecule has 0 radical (unpaired) electrons. The second kappa shape index (κ2) is 5.06. The Bertz CT molecular complexity index is 827. The van der Waals surface area contributed by atoms with E-state index in [9.17, 15) is 13.2 Å². The van der Waals surface area contributed by atoms with E-state index in [-0.39, 0.29) is 4.90 Å². The maximum atomic E-state index is 11.9. The van der Waals surface area contributed by atoms with Crippen molar-refractivity contribution in [1.82, 2.24) is 0 Å². The fourth-order valence-electron chi connectivity index (χ4n) is 2.05. The summed E-state index contributed by atoms with van der Waals surface area (Å²) in [5, 5.41) is 6.44. The average Bonchev–Trinajstić information content (AvgIpc) is 2.75. The van der Waals surface area contributed by atoms with Crippen molar-refractivity contribution in [2.45, 2.75) is 4.90 Å². The largest absolute Gasteiger partial charge is 0.323 e. The zero-order valence-electron chi connectivity index (χ0n) is 10.9. The second-order valence-corrected chi connectivity index (χ2v) is 6.35. The van der Waals surface area contributed by atoms with E-state index in [1.807, 2.05) is 18.2 Å². The predicted octanol–water partition coefficient (Wildman–Crippen LogP) is 3.09. The standard InChI is InChI=1S/C15H12N2O3S/c18-15(16-12-4-2-1-3-5-12)17-13-7-6-11-8-9-21(19,20)14(11)10-13/h1-10H,(H2,16,17,18). The highest BCUT2D eigenvalue weighted by atomic mass is 32.2. The molecule has 0 fully saturated rings. The number of anilines is 2. The molecule has 6 heteroatoms. The Balaban J connectivity index is 1.76. The van der Waals surface area contributed by atoms with E-state index >= 15 is 0 Å². The van der Waals surface area contributed by atoms with Gasteiger partial charge in [-0.2, -0.15) is 0 Å². The minimum absolute atomic E-state index is 0.208. The molecule has 21 heavy (non-hydrogen) atoms. The molecule has 106 valence electrons. The first-order valence-electron chi connectivity index (χ1n) is 6.25. The number of sulfone groups is 1. The molecule has 1 aliphatic heterocycles. The van der Waals surface area contributed by atoms with Gasteiger partial charge in [-0.1, -0.05) is 24.3 Å². The number of carbonyl (C=O) groups excluding carboxylic acids is 1. The van der Waals surface area contributed by atoms with Crippen molar-refractivity contribution in [2.75, 3.05) is 10.6 Å². The summed E-state index contributed by atoms with van der Waals surface area (Å²) in [5.74, 6) is 0. The average molecular weight is 300 g/mol. The molecular weight excluding hydrogens is 288 g/mol. The van der Waals surface area contributed by atoms with Crippen LogP contribution in [0.4, 0.5) is 16.2 Å². The number of rotatable bonds is 2. The van der Waals surface area contributed by atoms with Gasteiger partial charge in [0, 0.05) is 16.8 Å². The number of amides is 2. The molecule has 0 aliphatic carbocycles. The van der Waals surface area contributed by atoms with Gasteiger partial charge in [-0.3, -0.25) is 0 Å². The van der Waals surface area contributed by atoms with Crippen LogP contribution in [0.15, 0.2) is 58.8 Å². The minimum atomic E-state index is -3.38. The van der Waals surface area contributed by atoms with Crippen LogP contribution < -0.4 is 10.6 Å². The first kappa shape index (κ1) is 13.4. The summed E-state index contributed by atoms with van der Waals surface area (Å²) in [6.07, 6.45) is 1.54. The van der Waals surface area contributed by atoms with Gasteiger partial charge in [0.2, 0.25) is 9.84 Å². The van der Waals surface area contributed by atoms with Crippen molar-refractivity contribution in [2.24, 2.45) is 0 Å². The van der Waals surface area contributed by atoms with Gasteiger partial charge < -0.3 is 10.6 Å². The third-order valence-electron chi connectivity index (χ3n) is 3.04. The van der Waals surface area contributed by atoms with E-state index in [0.29, 0.717) is 16.9 Å². The topological polar surface area (TPSA) is 75.3 Å². The molecule has 0 aromatic heterocycles. The summed E-state index contributed by atoms with van der Waals surface area (Å²) < 4.78 is 23.5. The quantitative estimate of drug-likeness (QED) is 0.895. The molecule has 2 aromatic rings. The molecule has 0 spiro atoms. The lowest BCUT2D eigenvalue weighted by molar-refractivity contribution is 0.262. The van der Waals surface area contributed by atoms with Crippen LogP contribution in [0.25, 0.3) is 6.08 Å². The highest BCUT2D eigenvalue weighted by Crippen LogP contribution is 2.29. The normalized spacial score (nSPS) is 14.5. The number of fused-ring (bicyclic) bond motifs is 1. The van der Waals surface area contributed by atoms with Crippen molar-refractivity contribution in [1.29, 1.82) is 0 Å². The lowest BCUT2D eigenvalue weighted by atomic mass is 10.2. The van der Waals surface area contributed by atoms with Crippen molar-refractivity contribution < 1.29 is 13.2 Å². The van der Waals surface area contributed by atoms with Crippen LogP contribution in [-0.4, -0.2) is 14.4 Å². The number of para-hydroxylation sites is 1. The van der Waals surface area contributed by atoms with Gasteiger partial charge in [0.1, 0.15) is 0 Å². The molecule has 2 aromatic carbocycles. The molecule has 5 nitrogen and oxygen atoms in total. The monoisotopic (exact) mass is 300 g/mol. The van der Waals surface area contributed by atoms with Crippen LogP contribution in [0.3, 0.4) is 0 Å². The third kappa shape index (κ3) is 2.80. The highest BCUT2D eigenvalue weighted by Gasteiger charge is 2.21. The van der Waals surface area contributed by atoms with Crippen molar-refractivity contribution in [3.8, 4) is 0 Å². The van der Waals surface area contributed by atoms with Crippen LogP contribution in [0, 0.1) is 0 Å². The summed E-state index contributed by atoms with van der Waals surface area (Å²) in [7, 11) is -3.38. The number of carbonyl (C=O) groups is 1. The van der Waals surface area contributed by atoms with Gasteiger partial charge in [-0.25, -0.2) is 13.2 Å². The molecule has 3 rings (SSSR count). The van der Waals surface area contributed by atoms with Crippen LogP contribution in [0.1, 0.15) is 5.56 Å². The Labute approximate surface area is 122 Å². The van der Waals surface area contributed by atoms with E-state index < -0.39 is 15.9 Å². The number of urea groups is 1. The summed E-state index contributed by atoms with van der Waals surface area (Å²) in [6.45, 7) is 0. The van der Waals surface area contributed by atoms with Crippen LogP contribution in [-0.2, 0) is 9.84 Å². The predicted molar refractivity (Wildman–Crippen MR) is 81.7 cm³/mol. The first-order chi connectivity index (χ1) is 10.0. The van der Waals surface area contributed by atoms with Crippen LogP contribution in [0.5, 0.6) is 0 Å². The summed E-state index contributed by atoms with van der Waals surface area (Å²) in [5.41, 5.74) is 1.71. The van der Waals surface area contributed by atoms with Crippen molar-refractivity contribution in [3.05, 3.63) is 59.5 Å². The Hall–Kier alpha value is -2.60. The Morgan fingerprint density at radius 2 is 1.62 bits per heavy atom. The van der Waals surface area contributed by atoms with E-state index in [1.54, 1.807) is 30.3 Å². The maximum absolute atomic E-state index is 11.9. The van der Waals surface area contributed by atoms with E-state index in [0.717, 1.165) is 5.41 Å². The second-order valence-electron chi connectivity index (χ2n) is 4.55. The smallest absolute Gasteiger partial charge is 0.308 e. The Kier molecular flexibility index (Phi) is 3.23. The number of benzene rings is 2. The molecule has 0 bridgehead atoms. The van der Waals surface area contributed by atoms with Gasteiger partial charge in [0.05, 0.1) is 4.90 Å².